The molecule has 3 heteroatoms. The maximum absolute atomic E-state index is 6.03. The third-order valence-corrected chi connectivity index (χ3v) is 3.72. The molecule has 1 N–H and O–H groups in total. The van der Waals surface area contributed by atoms with E-state index in [1.54, 1.807) is 0 Å². The van der Waals surface area contributed by atoms with Crippen molar-refractivity contribution in [3.8, 4) is 0 Å². The van der Waals surface area contributed by atoms with E-state index in [-0.39, 0.29) is 0 Å². The van der Waals surface area contributed by atoms with E-state index in [9.17, 15) is 0 Å². The fraction of sp³-hybridized carbons (Fsp3) is 0.625. The predicted molar refractivity (Wildman–Crippen MR) is 84.8 cm³/mol. The highest BCUT2D eigenvalue weighted by Gasteiger charge is 2.14. The van der Waals surface area contributed by atoms with Gasteiger partial charge in [-0.15, -0.1) is 0 Å². The monoisotopic (exact) mass is 282 g/mol. The molecule has 0 aromatic heterocycles. The summed E-state index contributed by atoms with van der Waals surface area (Å²) in [6, 6.07) is 8.98. The zero-order chi connectivity index (χ0) is 14.4. The van der Waals surface area contributed by atoms with Gasteiger partial charge < -0.3 is 10.2 Å². The Kier molecular flexibility index (Phi) is 6.84. The smallest absolute Gasteiger partial charge is 0.0409 e. The van der Waals surface area contributed by atoms with Crippen molar-refractivity contribution in [2.75, 3.05) is 20.6 Å². The first kappa shape index (κ1) is 16.5. The first-order valence-corrected chi connectivity index (χ1v) is 7.43. The minimum atomic E-state index is 0.327. The van der Waals surface area contributed by atoms with Crippen LogP contribution in [0.25, 0.3) is 0 Å². The third kappa shape index (κ3) is 5.94. The zero-order valence-corrected chi connectivity index (χ0v) is 13.5. The number of benzene rings is 1. The molecule has 0 radical (unpaired) electrons. The van der Waals surface area contributed by atoms with Crippen molar-refractivity contribution in [2.45, 2.75) is 39.3 Å². The van der Waals surface area contributed by atoms with E-state index < -0.39 is 0 Å². The highest BCUT2D eigenvalue weighted by molar-refractivity contribution is 6.30. The van der Waals surface area contributed by atoms with Gasteiger partial charge in [0.15, 0.2) is 0 Å². The molecule has 2 nitrogen and oxygen atoms in total. The summed E-state index contributed by atoms with van der Waals surface area (Å²) in [5.41, 5.74) is 1.24. The Hall–Kier alpha value is -0.570. The van der Waals surface area contributed by atoms with Gasteiger partial charge in [0, 0.05) is 23.7 Å². The number of hydrogen-bond acceptors (Lipinski definition) is 2. The largest absolute Gasteiger partial charge is 0.309 e. The summed E-state index contributed by atoms with van der Waals surface area (Å²) in [5, 5.41) is 4.42. The van der Waals surface area contributed by atoms with Gasteiger partial charge in [-0.05, 0) is 51.1 Å². The second kappa shape index (κ2) is 7.88. The number of rotatable bonds is 7. The van der Waals surface area contributed by atoms with Crippen LogP contribution < -0.4 is 5.32 Å². The molecule has 0 bridgehead atoms. The topological polar surface area (TPSA) is 15.3 Å². The Balaban J connectivity index is 2.54. The average Bonchev–Trinajstić information content (AvgIpc) is 2.33. The molecule has 0 aliphatic carbocycles. The van der Waals surface area contributed by atoms with Crippen molar-refractivity contribution in [1.29, 1.82) is 0 Å². The third-order valence-electron chi connectivity index (χ3n) is 3.48. The summed E-state index contributed by atoms with van der Waals surface area (Å²) in [4.78, 5) is 2.30. The minimum Gasteiger partial charge on any atom is -0.309 e. The van der Waals surface area contributed by atoms with Gasteiger partial charge in [0.1, 0.15) is 0 Å². The summed E-state index contributed by atoms with van der Waals surface area (Å²) >= 11 is 6.03. The molecule has 2 unspecified atom stereocenters. The van der Waals surface area contributed by atoms with Crippen LogP contribution in [0, 0.1) is 5.92 Å². The predicted octanol–water partition coefficient (Wildman–Crippen LogP) is 3.97. The van der Waals surface area contributed by atoms with Gasteiger partial charge in [0.05, 0.1) is 0 Å². The molecule has 1 aromatic rings. The molecule has 0 fully saturated rings. The van der Waals surface area contributed by atoms with Crippen LogP contribution in [0.15, 0.2) is 24.3 Å². The molecule has 0 aliphatic heterocycles. The highest BCUT2D eigenvalue weighted by atomic mass is 35.5. The summed E-state index contributed by atoms with van der Waals surface area (Å²) in [5.74, 6) is 0.718. The number of halogens is 1. The Morgan fingerprint density at radius 1 is 1.21 bits per heavy atom. The second-order valence-electron chi connectivity index (χ2n) is 5.93. The Labute approximate surface area is 123 Å². The van der Waals surface area contributed by atoms with Crippen molar-refractivity contribution < 1.29 is 0 Å². The van der Waals surface area contributed by atoms with Gasteiger partial charge in [-0.3, -0.25) is 0 Å². The van der Waals surface area contributed by atoms with Crippen LogP contribution in [0.4, 0.5) is 0 Å². The van der Waals surface area contributed by atoms with E-state index in [4.69, 9.17) is 11.6 Å². The first-order chi connectivity index (χ1) is 8.90. The summed E-state index contributed by atoms with van der Waals surface area (Å²) in [6.07, 6.45) is 1.21. The quantitative estimate of drug-likeness (QED) is 0.814. The lowest BCUT2D eigenvalue weighted by molar-refractivity contribution is 0.242. The zero-order valence-electron chi connectivity index (χ0n) is 12.8. The number of hydrogen-bond donors (Lipinski definition) is 1. The van der Waals surface area contributed by atoms with Crippen molar-refractivity contribution in [3.63, 3.8) is 0 Å². The highest BCUT2D eigenvalue weighted by Crippen LogP contribution is 2.18. The fourth-order valence-electron chi connectivity index (χ4n) is 2.23. The minimum absolute atomic E-state index is 0.327. The van der Waals surface area contributed by atoms with Gasteiger partial charge >= 0.3 is 0 Å². The number of nitrogens with one attached hydrogen (secondary N) is 1. The molecule has 0 saturated heterocycles. The molecular weight excluding hydrogens is 256 g/mol. The maximum Gasteiger partial charge on any atom is 0.0409 e. The second-order valence-corrected chi connectivity index (χ2v) is 6.37. The van der Waals surface area contributed by atoms with Crippen molar-refractivity contribution in [1.82, 2.24) is 10.2 Å². The Morgan fingerprint density at radius 2 is 1.89 bits per heavy atom. The van der Waals surface area contributed by atoms with E-state index in [1.165, 1.54) is 12.0 Å². The average molecular weight is 283 g/mol. The van der Waals surface area contributed by atoms with Crippen LogP contribution in [0.1, 0.15) is 38.8 Å². The first-order valence-electron chi connectivity index (χ1n) is 7.05. The van der Waals surface area contributed by atoms with E-state index >= 15 is 0 Å². The van der Waals surface area contributed by atoms with Crippen LogP contribution in [0.2, 0.25) is 5.02 Å². The Bertz CT molecular complexity index is 377. The standard InChI is InChI=1S/C16H27ClN2/c1-12(2)9-16(19(4)5)11-18-13(3)14-7-6-8-15(17)10-14/h6-8,10,12-13,16,18H,9,11H2,1-5H3. The van der Waals surface area contributed by atoms with Gasteiger partial charge in [-0.1, -0.05) is 37.6 Å². The molecule has 0 spiro atoms. The SMILES string of the molecule is CC(C)CC(CNC(C)c1cccc(Cl)c1)N(C)C. The lowest BCUT2D eigenvalue weighted by atomic mass is 10.0. The lowest BCUT2D eigenvalue weighted by Gasteiger charge is -2.28. The van der Waals surface area contributed by atoms with Crippen LogP contribution in [-0.2, 0) is 0 Å². The summed E-state index contributed by atoms with van der Waals surface area (Å²) in [6.45, 7) is 7.74. The molecule has 108 valence electrons. The normalized spacial score (nSPS) is 14.9. The summed E-state index contributed by atoms with van der Waals surface area (Å²) in [7, 11) is 4.30. The molecule has 1 rings (SSSR count). The molecule has 19 heavy (non-hydrogen) atoms. The summed E-state index contributed by atoms with van der Waals surface area (Å²) < 4.78 is 0. The van der Waals surface area contributed by atoms with Crippen LogP contribution in [0.5, 0.6) is 0 Å². The van der Waals surface area contributed by atoms with Crippen molar-refractivity contribution >= 4 is 11.6 Å². The molecule has 0 aliphatic rings. The van der Waals surface area contributed by atoms with E-state index in [0.29, 0.717) is 12.1 Å². The van der Waals surface area contributed by atoms with Crippen LogP contribution in [0.3, 0.4) is 0 Å². The van der Waals surface area contributed by atoms with Gasteiger partial charge in [0.2, 0.25) is 0 Å². The van der Waals surface area contributed by atoms with Crippen molar-refractivity contribution in [2.24, 2.45) is 5.92 Å². The molecule has 1 aromatic carbocycles. The number of nitrogens with zero attached hydrogens (tertiary/aromatic N) is 1. The molecular formula is C16H27ClN2. The van der Waals surface area contributed by atoms with Crippen LogP contribution >= 0.6 is 11.6 Å². The molecule has 0 heterocycles. The van der Waals surface area contributed by atoms with Gasteiger partial charge in [0.25, 0.3) is 0 Å². The van der Waals surface area contributed by atoms with E-state index in [0.717, 1.165) is 17.5 Å². The fourth-order valence-corrected chi connectivity index (χ4v) is 2.43. The van der Waals surface area contributed by atoms with E-state index in [2.05, 4.69) is 51.1 Å². The lowest BCUT2D eigenvalue weighted by Crippen LogP contribution is -2.39. The molecule has 2 atom stereocenters. The van der Waals surface area contributed by atoms with Gasteiger partial charge in [-0.2, -0.15) is 0 Å². The van der Waals surface area contributed by atoms with Crippen molar-refractivity contribution in [3.05, 3.63) is 34.9 Å². The molecule has 0 amide bonds. The van der Waals surface area contributed by atoms with E-state index in [1.807, 2.05) is 18.2 Å². The van der Waals surface area contributed by atoms with Crippen LogP contribution in [-0.4, -0.2) is 31.6 Å². The molecule has 0 saturated carbocycles. The maximum atomic E-state index is 6.03. The van der Waals surface area contributed by atoms with Gasteiger partial charge in [-0.25, -0.2) is 0 Å². The number of likely N-dealkylation sites (N-methyl/N-ethyl adjacent to an activating group) is 1. The Morgan fingerprint density at radius 3 is 2.42 bits per heavy atom.